The van der Waals surface area contributed by atoms with Gasteiger partial charge >= 0.3 is 0 Å². The van der Waals surface area contributed by atoms with Gasteiger partial charge in [0.05, 0.1) is 30.7 Å². The Labute approximate surface area is 192 Å². The highest BCUT2D eigenvalue weighted by Gasteiger charge is 2.48. The highest BCUT2D eigenvalue weighted by molar-refractivity contribution is 6.08. The van der Waals surface area contributed by atoms with Crippen LogP contribution in [0.3, 0.4) is 0 Å². The lowest BCUT2D eigenvalue weighted by Crippen LogP contribution is -2.41. The maximum Gasteiger partial charge on any atom is 0.263 e. The van der Waals surface area contributed by atoms with E-state index < -0.39 is 0 Å². The highest BCUT2D eigenvalue weighted by Crippen LogP contribution is 2.37. The van der Waals surface area contributed by atoms with E-state index in [0.29, 0.717) is 19.3 Å². The number of benzene rings is 2. The Morgan fingerprint density at radius 2 is 1.61 bits per heavy atom. The Hall–Kier alpha value is -3.74. The molecular weight excluding hydrogens is 418 g/mol. The fourth-order valence-corrected chi connectivity index (χ4v) is 4.86. The first-order chi connectivity index (χ1) is 16.1. The topological polar surface area (TPSA) is 79.3 Å². The van der Waals surface area contributed by atoms with E-state index in [1.165, 1.54) is 5.01 Å². The van der Waals surface area contributed by atoms with Gasteiger partial charge in [0.25, 0.3) is 5.91 Å². The number of rotatable bonds is 5. The van der Waals surface area contributed by atoms with Crippen LogP contribution in [-0.4, -0.2) is 47.0 Å². The van der Waals surface area contributed by atoms with Crippen molar-refractivity contribution in [2.45, 2.75) is 25.3 Å². The Balaban J connectivity index is 1.42. The third kappa shape index (κ3) is 3.84. The van der Waals surface area contributed by atoms with Crippen molar-refractivity contribution < 1.29 is 19.1 Å². The minimum atomic E-state index is -0.366. The lowest BCUT2D eigenvalue weighted by Gasteiger charge is -2.24. The third-order valence-corrected chi connectivity index (χ3v) is 6.67. The summed E-state index contributed by atoms with van der Waals surface area (Å²) in [5.74, 6) is -0.854. The molecule has 7 heteroatoms. The molecule has 2 aliphatic heterocycles. The van der Waals surface area contributed by atoms with Crippen molar-refractivity contribution in [1.82, 2.24) is 9.91 Å². The van der Waals surface area contributed by atoms with Gasteiger partial charge in [-0.15, -0.1) is 0 Å². The zero-order valence-electron chi connectivity index (χ0n) is 18.4. The van der Waals surface area contributed by atoms with Gasteiger partial charge in [-0.05, 0) is 36.1 Å². The van der Waals surface area contributed by atoms with Gasteiger partial charge in [-0.3, -0.25) is 19.3 Å². The van der Waals surface area contributed by atoms with Gasteiger partial charge < -0.3 is 4.74 Å². The number of hydrazone groups is 1. The number of carbonyl (C=O) groups excluding carboxylic acids is 3. The zero-order valence-corrected chi connectivity index (χ0v) is 18.4. The Bertz CT molecular complexity index is 1110. The van der Waals surface area contributed by atoms with Gasteiger partial charge in [-0.1, -0.05) is 54.6 Å². The molecule has 0 saturated carbocycles. The maximum absolute atomic E-state index is 13.4. The second-order valence-electron chi connectivity index (χ2n) is 8.56. The average Bonchev–Trinajstić information content (AvgIpc) is 3.41. The molecule has 7 nitrogen and oxygen atoms in total. The largest absolute Gasteiger partial charge is 0.497 e. The molecular formula is C26H25N3O4. The molecule has 0 bridgehead atoms. The maximum atomic E-state index is 13.4. The second kappa shape index (κ2) is 8.65. The summed E-state index contributed by atoms with van der Waals surface area (Å²) in [7, 11) is 1.61. The van der Waals surface area contributed by atoms with Crippen molar-refractivity contribution >= 4 is 23.4 Å². The summed E-state index contributed by atoms with van der Waals surface area (Å²) >= 11 is 0. The molecule has 3 amide bonds. The van der Waals surface area contributed by atoms with Crippen molar-refractivity contribution in [3.8, 4) is 5.75 Å². The van der Waals surface area contributed by atoms with Crippen molar-refractivity contribution in [2.24, 2.45) is 16.9 Å². The number of allylic oxidation sites excluding steroid dienone is 2. The molecule has 168 valence electrons. The molecule has 1 aliphatic carbocycles. The predicted molar refractivity (Wildman–Crippen MR) is 122 cm³/mol. The van der Waals surface area contributed by atoms with Gasteiger partial charge in [-0.2, -0.15) is 5.10 Å². The number of amides is 3. The molecule has 2 aromatic carbocycles. The molecule has 5 rings (SSSR count). The van der Waals surface area contributed by atoms with Crippen molar-refractivity contribution in [1.29, 1.82) is 0 Å². The van der Waals surface area contributed by atoms with Crippen molar-refractivity contribution in [3.05, 3.63) is 77.9 Å². The minimum absolute atomic E-state index is 0.254. The van der Waals surface area contributed by atoms with E-state index in [4.69, 9.17) is 4.74 Å². The summed E-state index contributed by atoms with van der Waals surface area (Å²) in [6.07, 6.45) is 5.52. The summed E-state index contributed by atoms with van der Waals surface area (Å²) < 4.78 is 5.26. The van der Waals surface area contributed by atoms with E-state index >= 15 is 0 Å². The molecule has 33 heavy (non-hydrogen) atoms. The molecule has 1 fully saturated rings. The molecule has 2 heterocycles. The minimum Gasteiger partial charge on any atom is -0.497 e. The molecule has 0 spiro atoms. The predicted octanol–water partition coefficient (Wildman–Crippen LogP) is 3.32. The summed E-state index contributed by atoms with van der Waals surface area (Å²) in [4.78, 5) is 40.3. The fourth-order valence-electron chi connectivity index (χ4n) is 4.86. The number of carbonyl (C=O) groups is 3. The summed E-state index contributed by atoms with van der Waals surface area (Å²) in [6.45, 7) is -0.289. The van der Waals surface area contributed by atoms with Crippen LogP contribution < -0.4 is 4.74 Å². The highest BCUT2D eigenvalue weighted by atomic mass is 16.5. The fraction of sp³-hybridized carbons (Fsp3) is 0.308. The lowest BCUT2D eigenvalue weighted by molar-refractivity contribution is -0.147. The quantitative estimate of drug-likeness (QED) is 0.525. The van der Waals surface area contributed by atoms with Crippen LogP contribution in [0, 0.1) is 11.8 Å². The van der Waals surface area contributed by atoms with E-state index in [-0.39, 0.29) is 42.1 Å². The number of hydrogen-bond acceptors (Lipinski definition) is 5. The summed E-state index contributed by atoms with van der Waals surface area (Å²) in [5.41, 5.74) is 2.65. The van der Waals surface area contributed by atoms with Crippen LogP contribution >= 0.6 is 0 Å². The number of ether oxygens (including phenoxy) is 1. The molecule has 3 aliphatic rings. The van der Waals surface area contributed by atoms with Crippen molar-refractivity contribution in [3.63, 3.8) is 0 Å². The Kier molecular flexibility index (Phi) is 5.54. The van der Waals surface area contributed by atoms with Crippen LogP contribution in [-0.2, 0) is 14.4 Å². The average molecular weight is 444 g/mol. The Morgan fingerprint density at radius 3 is 2.21 bits per heavy atom. The lowest BCUT2D eigenvalue weighted by atomic mass is 9.85. The number of methoxy groups -OCH3 is 1. The number of likely N-dealkylation sites (tertiary alicyclic amines) is 1. The van der Waals surface area contributed by atoms with Crippen LogP contribution in [0.2, 0.25) is 0 Å². The first-order valence-electron chi connectivity index (χ1n) is 11.2. The number of fused-ring (bicyclic) bond motifs is 1. The summed E-state index contributed by atoms with van der Waals surface area (Å²) in [5, 5.41) is 6.08. The van der Waals surface area contributed by atoms with Crippen LogP contribution in [0.1, 0.15) is 36.4 Å². The smallest absolute Gasteiger partial charge is 0.263 e. The SMILES string of the molecule is COc1ccc([C@H]2CC(c3ccccc3)=NN2C(=O)CN2C(=O)[C@H]3CC=CC[C@H]3C2=O)cc1. The van der Waals surface area contributed by atoms with E-state index in [0.717, 1.165) is 27.5 Å². The van der Waals surface area contributed by atoms with Gasteiger partial charge in [0.1, 0.15) is 12.3 Å². The van der Waals surface area contributed by atoms with Crippen molar-refractivity contribution in [2.75, 3.05) is 13.7 Å². The molecule has 0 radical (unpaired) electrons. The van der Waals surface area contributed by atoms with Crippen LogP contribution in [0.4, 0.5) is 0 Å². The number of nitrogens with zero attached hydrogens (tertiary/aromatic N) is 3. The molecule has 0 unspecified atom stereocenters. The van der Waals surface area contributed by atoms with E-state index in [2.05, 4.69) is 5.10 Å². The number of hydrogen-bond donors (Lipinski definition) is 0. The molecule has 2 aromatic rings. The van der Waals surface area contributed by atoms with E-state index in [1.54, 1.807) is 7.11 Å². The monoisotopic (exact) mass is 443 g/mol. The van der Waals surface area contributed by atoms with Gasteiger partial charge in [-0.25, -0.2) is 5.01 Å². The van der Waals surface area contributed by atoms with Gasteiger partial charge in [0, 0.05) is 6.42 Å². The molecule has 0 N–H and O–H groups in total. The first kappa shape index (κ1) is 21.1. The van der Waals surface area contributed by atoms with E-state index in [1.807, 2.05) is 66.7 Å². The zero-order chi connectivity index (χ0) is 22.9. The number of imide groups is 1. The molecule has 0 aromatic heterocycles. The Morgan fingerprint density at radius 1 is 0.970 bits per heavy atom. The van der Waals surface area contributed by atoms with Crippen LogP contribution in [0.15, 0.2) is 71.9 Å². The summed E-state index contributed by atoms with van der Waals surface area (Å²) in [6, 6.07) is 16.9. The van der Waals surface area contributed by atoms with Gasteiger partial charge in [0.2, 0.25) is 11.8 Å². The molecule has 1 saturated heterocycles. The second-order valence-corrected chi connectivity index (χ2v) is 8.56. The van der Waals surface area contributed by atoms with E-state index in [9.17, 15) is 14.4 Å². The van der Waals surface area contributed by atoms with Gasteiger partial charge in [0.15, 0.2) is 0 Å². The standard InChI is InChI=1S/C26H25N3O4/c1-33-19-13-11-18(12-14-19)23-15-22(17-7-3-2-4-8-17)27-29(23)24(30)16-28-25(31)20-9-5-6-10-21(20)26(28)32/h2-8,11-14,20-21,23H,9-10,15-16H2,1H3/t20-,21+,23-/m1/s1. The normalized spacial score (nSPS) is 24.2. The third-order valence-electron chi connectivity index (χ3n) is 6.67. The first-order valence-corrected chi connectivity index (χ1v) is 11.2. The van der Waals surface area contributed by atoms with Crippen LogP contribution in [0.5, 0.6) is 5.75 Å². The molecule has 3 atom stereocenters. The van der Waals surface area contributed by atoms with Crippen LogP contribution in [0.25, 0.3) is 0 Å².